The lowest BCUT2D eigenvalue weighted by atomic mass is 9.92. The monoisotopic (exact) mass is 226 g/mol. The Kier molecular flexibility index (Phi) is 3.67. The third kappa shape index (κ3) is 2.40. The average Bonchev–Trinajstić information content (AvgIpc) is 2.10. The molecule has 0 aliphatic carbocycles. The summed E-state index contributed by atoms with van der Waals surface area (Å²) in [7, 11) is 0. The van der Waals surface area contributed by atoms with Crippen molar-refractivity contribution in [3.05, 3.63) is 0 Å². The average molecular weight is 226 g/mol. The third-order valence-electron chi connectivity index (χ3n) is 2.50. The molecule has 1 aliphatic heterocycles. The molecular formula is C11H18N2O3. The first-order valence-corrected chi connectivity index (χ1v) is 5.50. The Morgan fingerprint density at radius 3 is 2.19 bits per heavy atom. The number of hydrogen-bond donors (Lipinski definition) is 1. The van der Waals surface area contributed by atoms with E-state index in [0.717, 1.165) is 4.90 Å². The highest BCUT2D eigenvalue weighted by Gasteiger charge is 2.41. The number of nitrogens with one attached hydrogen (secondary N) is 1. The fourth-order valence-electron chi connectivity index (χ4n) is 1.76. The number of rotatable bonds is 3. The van der Waals surface area contributed by atoms with Crippen LogP contribution in [0.3, 0.4) is 0 Å². The zero-order valence-electron chi connectivity index (χ0n) is 10.1. The van der Waals surface area contributed by atoms with Crippen molar-refractivity contribution < 1.29 is 14.4 Å². The van der Waals surface area contributed by atoms with Crippen molar-refractivity contribution in [1.29, 1.82) is 0 Å². The van der Waals surface area contributed by atoms with E-state index in [0.29, 0.717) is 6.54 Å². The van der Waals surface area contributed by atoms with Gasteiger partial charge in [0.05, 0.1) is 0 Å². The molecule has 1 saturated heterocycles. The largest absolute Gasteiger partial charge is 0.330 e. The fraction of sp³-hybridized carbons (Fsp3) is 0.727. The minimum absolute atomic E-state index is 0.102. The first kappa shape index (κ1) is 12.7. The Morgan fingerprint density at radius 2 is 1.75 bits per heavy atom. The maximum absolute atomic E-state index is 12.0. The maximum Gasteiger partial charge on any atom is 0.330 e. The van der Waals surface area contributed by atoms with Crippen molar-refractivity contribution in [2.45, 2.75) is 27.7 Å². The minimum atomic E-state index is -0.739. The first-order chi connectivity index (χ1) is 7.34. The van der Waals surface area contributed by atoms with Crippen LogP contribution in [0.15, 0.2) is 0 Å². The van der Waals surface area contributed by atoms with E-state index in [1.54, 1.807) is 13.8 Å². The summed E-state index contributed by atoms with van der Waals surface area (Å²) >= 11 is 0. The second kappa shape index (κ2) is 4.63. The van der Waals surface area contributed by atoms with E-state index >= 15 is 0 Å². The molecule has 5 heteroatoms. The lowest BCUT2D eigenvalue weighted by molar-refractivity contribution is -0.144. The Morgan fingerprint density at radius 1 is 1.19 bits per heavy atom. The molecule has 4 amide bonds. The Labute approximate surface area is 95.2 Å². The second-order valence-electron chi connectivity index (χ2n) is 4.86. The highest BCUT2D eigenvalue weighted by molar-refractivity contribution is 6.16. The van der Waals surface area contributed by atoms with Gasteiger partial charge in [0.1, 0.15) is 5.92 Å². The van der Waals surface area contributed by atoms with Crippen molar-refractivity contribution in [2.75, 3.05) is 6.54 Å². The van der Waals surface area contributed by atoms with Gasteiger partial charge in [0.25, 0.3) is 0 Å². The molecule has 16 heavy (non-hydrogen) atoms. The van der Waals surface area contributed by atoms with Gasteiger partial charge in [0.2, 0.25) is 11.8 Å². The van der Waals surface area contributed by atoms with E-state index in [4.69, 9.17) is 0 Å². The van der Waals surface area contributed by atoms with Crippen LogP contribution in [0, 0.1) is 17.8 Å². The van der Waals surface area contributed by atoms with Crippen molar-refractivity contribution in [2.24, 2.45) is 17.8 Å². The Balaban J connectivity index is 2.90. The molecule has 0 aromatic heterocycles. The standard InChI is InChI=1S/C11H18N2O3/c1-6(2)5-13-10(15)8(7(3)4)9(14)12-11(13)16/h6-8H,5H2,1-4H3,(H,12,14,16). The van der Waals surface area contributed by atoms with Crippen molar-refractivity contribution in [3.63, 3.8) is 0 Å². The lowest BCUT2D eigenvalue weighted by Gasteiger charge is -2.32. The summed E-state index contributed by atoms with van der Waals surface area (Å²) in [5, 5.41) is 2.22. The smallest absolute Gasteiger partial charge is 0.277 e. The molecule has 1 rings (SSSR count). The molecule has 0 radical (unpaired) electrons. The van der Waals surface area contributed by atoms with Gasteiger partial charge in [0, 0.05) is 6.54 Å². The van der Waals surface area contributed by atoms with E-state index < -0.39 is 17.9 Å². The van der Waals surface area contributed by atoms with Crippen LogP contribution in [0.1, 0.15) is 27.7 Å². The van der Waals surface area contributed by atoms with Crippen LogP contribution in [0.5, 0.6) is 0 Å². The molecule has 1 aliphatic rings. The Bertz CT molecular complexity index is 323. The van der Waals surface area contributed by atoms with Crippen LogP contribution < -0.4 is 5.32 Å². The summed E-state index contributed by atoms with van der Waals surface area (Å²) in [6.07, 6.45) is 0. The molecule has 0 aromatic carbocycles. The maximum atomic E-state index is 12.0. The highest BCUT2D eigenvalue weighted by atomic mass is 16.2. The molecule has 1 heterocycles. The van der Waals surface area contributed by atoms with Crippen molar-refractivity contribution >= 4 is 17.8 Å². The molecule has 1 atom stereocenters. The summed E-state index contributed by atoms with van der Waals surface area (Å²) in [6.45, 7) is 7.78. The molecule has 0 aromatic rings. The van der Waals surface area contributed by atoms with Gasteiger partial charge in [-0.25, -0.2) is 4.79 Å². The summed E-state index contributed by atoms with van der Waals surface area (Å²) in [4.78, 5) is 36.1. The SMILES string of the molecule is CC(C)CN1C(=O)NC(=O)C(C(C)C)C1=O. The van der Waals surface area contributed by atoms with Crippen LogP contribution in [0.4, 0.5) is 4.79 Å². The van der Waals surface area contributed by atoms with Gasteiger partial charge in [0.15, 0.2) is 0 Å². The van der Waals surface area contributed by atoms with E-state index in [1.165, 1.54) is 0 Å². The van der Waals surface area contributed by atoms with Gasteiger partial charge in [-0.1, -0.05) is 27.7 Å². The molecule has 0 saturated carbocycles. The number of carbonyl (C=O) groups is 3. The van der Waals surface area contributed by atoms with Crippen LogP contribution >= 0.6 is 0 Å². The van der Waals surface area contributed by atoms with Crippen LogP contribution in [-0.4, -0.2) is 29.3 Å². The van der Waals surface area contributed by atoms with Crippen LogP contribution in [-0.2, 0) is 9.59 Å². The number of nitrogens with zero attached hydrogens (tertiary/aromatic N) is 1. The summed E-state index contributed by atoms with van der Waals surface area (Å²) < 4.78 is 0. The first-order valence-electron chi connectivity index (χ1n) is 5.50. The van der Waals surface area contributed by atoms with E-state index in [1.807, 2.05) is 13.8 Å². The molecule has 1 N–H and O–H groups in total. The summed E-state index contributed by atoms with van der Waals surface area (Å²) in [5.41, 5.74) is 0. The summed E-state index contributed by atoms with van der Waals surface area (Å²) in [6, 6.07) is -0.597. The van der Waals surface area contributed by atoms with Crippen LogP contribution in [0.2, 0.25) is 0 Å². The quantitative estimate of drug-likeness (QED) is 0.730. The van der Waals surface area contributed by atoms with Gasteiger partial charge < -0.3 is 0 Å². The predicted molar refractivity (Wildman–Crippen MR) is 58.4 cm³/mol. The topological polar surface area (TPSA) is 66.5 Å². The van der Waals surface area contributed by atoms with Crippen molar-refractivity contribution in [1.82, 2.24) is 10.2 Å². The van der Waals surface area contributed by atoms with Gasteiger partial charge in [-0.2, -0.15) is 0 Å². The second-order valence-corrected chi connectivity index (χ2v) is 4.86. The van der Waals surface area contributed by atoms with E-state index in [-0.39, 0.29) is 17.7 Å². The Hall–Kier alpha value is -1.39. The number of hydrogen-bond acceptors (Lipinski definition) is 3. The molecule has 0 bridgehead atoms. The number of urea groups is 1. The molecular weight excluding hydrogens is 208 g/mol. The van der Waals surface area contributed by atoms with Gasteiger partial charge >= 0.3 is 6.03 Å². The molecule has 1 fully saturated rings. The van der Waals surface area contributed by atoms with Gasteiger partial charge in [-0.05, 0) is 11.8 Å². The van der Waals surface area contributed by atoms with Crippen LogP contribution in [0.25, 0.3) is 0 Å². The minimum Gasteiger partial charge on any atom is -0.277 e. The fourth-order valence-corrected chi connectivity index (χ4v) is 1.76. The molecule has 5 nitrogen and oxygen atoms in total. The summed E-state index contributed by atoms with van der Waals surface area (Å²) in [5.74, 6) is -1.51. The molecule has 90 valence electrons. The number of barbiturate groups is 1. The van der Waals surface area contributed by atoms with Crippen molar-refractivity contribution in [3.8, 4) is 0 Å². The number of carbonyl (C=O) groups excluding carboxylic acids is 3. The van der Waals surface area contributed by atoms with Gasteiger partial charge in [-0.3, -0.25) is 19.8 Å². The normalized spacial score (nSPS) is 22.0. The number of amides is 4. The lowest BCUT2D eigenvalue weighted by Crippen LogP contribution is -2.59. The highest BCUT2D eigenvalue weighted by Crippen LogP contribution is 2.19. The zero-order chi connectivity index (χ0) is 12.5. The van der Waals surface area contributed by atoms with E-state index in [9.17, 15) is 14.4 Å². The van der Waals surface area contributed by atoms with Gasteiger partial charge in [-0.15, -0.1) is 0 Å². The van der Waals surface area contributed by atoms with E-state index in [2.05, 4.69) is 5.32 Å². The molecule has 1 unspecified atom stereocenters. The molecule has 0 spiro atoms. The predicted octanol–water partition coefficient (Wildman–Crippen LogP) is 0.993. The number of imide groups is 2. The third-order valence-corrected chi connectivity index (χ3v) is 2.50. The zero-order valence-corrected chi connectivity index (χ0v) is 10.1.